The number of anilines is 1. The van der Waals surface area contributed by atoms with Crippen molar-refractivity contribution >= 4 is 56.4 Å². The van der Waals surface area contributed by atoms with Gasteiger partial charge in [-0.25, -0.2) is 9.78 Å². The van der Waals surface area contributed by atoms with Crippen LogP contribution in [0.1, 0.15) is 71.7 Å². The van der Waals surface area contributed by atoms with E-state index in [9.17, 15) is 9.59 Å². The van der Waals surface area contributed by atoms with E-state index >= 15 is 0 Å². The largest absolute Gasteiger partial charge is 0.493 e. The third-order valence-corrected chi connectivity index (χ3v) is 8.93. The maximum Gasteiger partial charge on any atom is 0.341 e. The zero-order valence-electron chi connectivity index (χ0n) is 25.0. The standard InChI is InChI=1S/C34H37N3O4S2/c1-5-21-14-15-25-29(16-21)43-32(30(25)33(39)40-6-2)37-34(42)36-31(38)26-18-28(35-27-13-8-7-12-24(26)27)22-10-9-11-23(17-22)41-19-20(3)4/h7-13,17-18,20-21H,5-6,14-16,19H2,1-4H3,(H2,36,37,38,42). The van der Waals surface area contributed by atoms with Crippen molar-refractivity contribution in [3.63, 3.8) is 0 Å². The molecule has 224 valence electrons. The molecule has 1 amide bonds. The second-order valence-corrected chi connectivity index (χ2v) is 12.7. The Balaban J connectivity index is 1.41. The molecule has 5 rings (SSSR count). The molecule has 0 saturated carbocycles. The molecule has 1 aliphatic rings. The number of nitrogens with one attached hydrogen (secondary N) is 2. The van der Waals surface area contributed by atoms with Crippen LogP contribution < -0.4 is 15.4 Å². The zero-order chi connectivity index (χ0) is 30.5. The molecule has 9 heteroatoms. The van der Waals surface area contributed by atoms with E-state index in [1.54, 1.807) is 13.0 Å². The molecule has 0 saturated heterocycles. The number of ether oxygens (including phenoxy) is 2. The van der Waals surface area contributed by atoms with E-state index in [2.05, 4.69) is 31.4 Å². The van der Waals surface area contributed by atoms with Gasteiger partial charge < -0.3 is 14.8 Å². The quantitative estimate of drug-likeness (QED) is 0.147. The molecule has 2 aromatic heterocycles. The minimum Gasteiger partial charge on any atom is -0.493 e. The molecular weight excluding hydrogens is 579 g/mol. The number of rotatable bonds is 9. The number of para-hydroxylation sites is 1. The van der Waals surface area contributed by atoms with Gasteiger partial charge in [-0.1, -0.05) is 57.5 Å². The van der Waals surface area contributed by atoms with Gasteiger partial charge in [-0.2, -0.15) is 0 Å². The van der Waals surface area contributed by atoms with E-state index in [0.29, 0.717) is 51.2 Å². The van der Waals surface area contributed by atoms with Crippen molar-refractivity contribution in [2.24, 2.45) is 11.8 Å². The highest BCUT2D eigenvalue weighted by Crippen LogP contribution is 2.41. The molecule has 0 bridgehead atoms. The van der Waals surface area contributed by atoms with Crippen molar-refractivity contribution in [3.05, 3.63) is 76.2 Å². The predicted octanol–water partition coefficient (Wildman–Crippen LogP) is 7.82. The smallest absolute Gasteiger partial charge is 0.341 e. The van der Waals surface area contributed by atoms with E-state index in [1.807, 2.05) is 48.5 Å². The topological polar surface area (TPSA) is 89.6 Å². The number of hydrogen-bond acceptors (Lipinski definition) is 7. The summed E-state index contributed by atoms with van der Waals surface area (Å²) in [5, 5.41) is 7.44. The fourth-order valence-electron chi connectivity index (χ4n) is 5.33. The minimum atomic E-state index is -0.366. The van der Waals surface area contributed by atoms with Crippen molar-refractivity contribution in [2.75, 3.05) is 18.5 Å². The van der Waals surface area contributed by atoms with Crippen molar-refractivity contribution in [1.82, 2.24) is 10.3 Å². The summed E-state index contributed by atoms with van der Waals surface area (Å²) in [7, 11) is 0. The molecule has 0 aliphatic heterocycles. The van der Waals surface area contributed by atoms with E-state index in [4.69, 9.17) is 26.7 Å². The Labute approximate surface area is 262 Å². The van der Waals surface area contributed by atoms with Gasteiger partial charge in [0.05, 0.1) is 35.6 Å². The molecule has 1 unspecified atom stereocenters. The molecule has 1 atom stereocenters. The number of carbonyl (C=O) groups is 2. The number of aromatic nitrogens is 1. The van der Waals surface area contributed by atoms with Crippen LogP contribution in [0.3, 0.4) is 0 Å². The van der Waals surface area contributed by atoms with Crippen LogP contribution in [-0.2, 0) is 17.6 Å². The molecule has 0 fully saturated rings. The number of amides is 1. The maximum atomic E-state index is 13.7. The molecule has 0 radical (unpaired) electrons. The monoisotopic (exact) mass is 615 g/mol. The van der Waals surface area contributed by atoms with E-state index in [1.165, 1.54) is 16.2 Å². The average molecular weight is 616 g/mol. The van der Waals surface area contributed by atoms with Crippen molar-refractivity contribution in [2.45, 2.75) is 53.4 Å². The zero-order valence-corrected chi connectivity index (χ0v) is 26.6. The third kappa shape index (κ3) is 7.05. The van der Waals surface area contributed by atoms with Gasteiger partial charge in [-0.15, -0.1) is 11.3 Å². The van der Waals surface area contributed by atoms with Crippen LogP contribution in [0.5, 0.6) is 5.75 Å². The van der Waals surface area contributed by atoms with Crippen LogP contribution in [0.2, 0.25) is 0 Å². The first kappa shape index (κ1) is 30.6. The molecule has 7 nitrogen and oxygen atoms in total. The van der Waals surface area contributed by atoms with Gasteiger partial charge in [-0.05, 0) is 80.1 Å². The van der Waals surface area contributed by atoms with Gasteiger partial charge in [-0.3, -0.25) is 10.1 Å². The summed E-state index contributed by atoms with van der Waals surface area (Å²) in [5.41, 5.74) is 4.20. The van der Waals surface area contributed by atoms with Gasteiger partial charge in [0, 0.05) is 15.8 Å². The molecule has 2 heterocycles. The van der Waals surface area contributed by atoms with Crippen LogP contribution in [0.4, 0.5) is 5.00 Å². The highest BCUT2D eigenvalue weighted by atomic mass is 32.1. The number of nitrogens with zero attached hydrogens (tertiary/aromatic N) is 1. The normalized spacial score (nSPS) is 14.3. The summed E-state index contributed by atoms with van der Waals surface area (Å²) in [6.07, 6.45) is 3.89. The third-order valence-electron chi connectivity index (χ3n) is 7.55. The summed E-state index contributed by atoms with van der Waals surface area (Å²) in [6.45, 7) is 9.09. The molecule has 43 heavy (non-hydrogen) atoms. The Morgan fingerprint density at radius 3 is 2.70 bits per heavy atom. The van der Waals surface area contributed by atoms with Crippen LogP contribution in [0.15, 0.2) is 54.6 Å². The Hall–Kier alpha value is -3.82. The fraction of sp³-hybridized carbons (Fsp3) is 0.353. The van der Waals surface area contributed by atoms with E-state index in [-0.39, 0.29) is 23.6 Å². The Kier molecular flexibility index (Phi) is 9.72. The van der Waals surface area contributed by atoms with Gasteiger partial charge in [0.15, 0.2) is 5.11 Å². The first-order valence-corrected chi connectivity index (χ1v) is 16.1. The summed E-state index contributed by atoms with van der Waals surface area (Å²) in [6, 6.07) is 17.0. The molecular formula is C34H37N3O4S2. The summed E-state index contributed by atoms with van der Waals surface area (Å²) >= 11 is 7.13. The highest BCUT2D eigenvalue weighted by Gasteiger charge is 2.30. The average Bonchev–Trinajstić information content (AvgIpc) is 3.36. The highest BCUT2D eigenvalue weighted by molar-refractivity contribution is 7.80. The summed E-state index contributed by atoms with van der Waals surface area (Å²) < 4.78 is 11.3. The van der Waals surface area contributed by atoms with Gasteiger partial charge >= 0.3 is 5.97 Å². The number of pyridine rings is 1. The number of thiophene rings is 1. The van der Waals surface area contributed by atoms with Gasteiger partial charge in [0.25, 0.3) is 5.91 Å². The van der Waals surface area contributed by atoms with Crippen molar-refractivity contribution < 1.29 is 19.1 Å². The van der Waals surface area contributed by atoms with E-state index in [0.717, 1.165) is 42.6 Å². The van der Waals surface area contributed by atoms with Crippen LogP contribution in [0.25, 0.3) is 22.2 Å². The first-order valence-electron chi connectivity index (χ1n) is 14.8. The molecule has 2 aromatic carbocycles. The second-order valence-electron chi connectivity index (χ2n) is 11.2. The summed E-state index contributed by atoms with van der Waals surface area (Å²) in [4.78, 5) is 32.7. The van der Waals surface area contributed by atoms with Crippen molar-refractivity contribution in [3.8, 4) is 17.0 Å². The number of benzene rings is 2. The summed E-state index contributed by atoms with van der Waals surface area (Å²) in [5.74, 6) is 1.01. The second kappa shape index (κ2) is 13.7. The Morgan fingerprint density at radius 2 is 1.93 bits per heavy atom. The Bertz CT molecular complexity index is 1660. The van der Waals surface area contributed by atoms with Crippen LogP contribution in [-0.4, -0.2) is 35.2 Å². The lowest BCUT2D eigenvalue weighted by molar-refractivity contribution is 0.0526. The lowest BCUT2D eigenvalue weighted by atomic mass is 9.86. The number of hydrogen-bond donors (Lipinski definition) is 2. The lowest BCUT2D eigenvalue weighted by Gasteiger charge is -2.21. The van der Waals surface area contributed by atoms with E-state index < -0.39 is 0 Å². The van der Waals surface area contributed by atoms with Gasteiger partial charge in [0.1, 0.15) is 10.8 Å². The Morgan fingerprint density at radius 1 is 1.12 bits per heavy atom. The van der Waals surface area contributed by atoms with Crippen LogP contribution >= 0.6 is 23.6 Å². The number of esters is 1. The number of thiocarbonyl (C=S) groups is 1. The SMILES string of the molecule is CCOC(=O)c1c(NC(=S)NC(=O)c2cc(-c3cccc(OCC(C)C)c3)nc3ccccc23)sc2c1CCC(CC)C2. The first-order chi connectivity index (χ1) is 20.8. The molecule has 2 N–H and O–H groups in total. The van der Waals surface area contributed by atoms with Gasteiger partial charge in [0.2, 0.25) is 0 Å². The molecule has 4 aromatic rings. The number of carbonyl (C=O) groups excluding carboxylic acids is 2. The lowest BCUT2D eigenvalue weighted by Crippen LogP contribution is -2.34. The minimum absolute atomic E-state index is 0.118. The van der Waals surface area contributed by atoms with Crippen LogP contribution in [0, 0.1) is 11.8 Å². The molecule has 0 spiro atoms. The molecule has 1 aliphatic carbocycles. The van der Waals surface area contributed by atoms with Crippen molar-refractivity contribution in [1.29, 1.82) is 0 Å². The maximum absolute atomic E-state index is 13.7. The fourth-order valence-corrected chi connectivity index (χ4v) is 6.95. The predicted molar refractivity (Wildman–Crippen MR) is 177 cm³/mol. The number of fused-ring (bicyclic) bond motifs is 2.